The topological polar surface area (TPSA) is 82.1 Å². The first-order valence-corrected chi connectivity index (χ1v) is 5.52. The normalized spacial score (nSPS) is 18.0. The van der Waals surface area contributed by atoms with Crippen LogP contribution in [0.5, 0.6) is 11.5 Å². The number of fused-ring (bicyclic) bond motifs is 3. The minimum atomic E-state index is -0.134. The second-order valence-corrected chi connectivity index (χ2v) is 4.21. The molecule has 1 aromatic carbocycles. The highest BCUT2D eigenvalue weighted by molar-refractivity contribution is 6.15. The van der Waals surface area contributed by atoms with Crippen molar-refractivity contribution < 1.29 is 10.2 Å². The van der Waals surface area contributed by atoms with E-state index in [0.717, 1.165) is 36.6 Å². The van der Waals surface area contributed by atoms with Gasteiger partial charge in [-0.15, -0.1) is 0 Å². The van der Waals surface area contributed by atoms with Gasteiger partial charge in [-0.2, -0.15) is 0 Å². The van der Waals surface area contributed by atoms with Crippen molar-refractivity contribution in [1.29, 1.82) is 0 Å². The number of aliphatic imine (C=N–C) groups is 1. The van der Waals surface area contributed by atoms with E-state index in [1.54, 1.807) is 12.1 Å². The molecule has 0 bridgehead atoms. The second-order valence-electron chi connectivity index (χ2n) is 4.21. The van der Waals surface area contributed by atoms with Crippen LogP contribution in [0.4, 0.5) is 5.69 Å². The van der Waals surface area contributed by atoms with Crippen molar-refractivity contribution in [2.75, 3.05) is 18.0 Å². The molecule has 2 aliphatic rings. The zero-order chi connectivity index (χ0) is 12.0. The Kier molecular flexibility index (Phi) is 2.01. The fourth-order valence-electron chi connectivity index (χ4n) is 2.25. The number of benzene rings is 1. The van der Waals surface area contributed by atoms with Crippen molar-refractivity contribution in [3.05, 3.63) is 23.4 Å². The summed E-state index contributed by atoms with van der Waals surface area (Å²) in [6.45, 7) is 1.60. The van der Waals surface area contributed by atoms with Crippen LogP contribution < -0.4 is 10.6 Å². The van der Waals surface area contributed by atoms with Crippen LogP contribution in [-0.4, -0.2) is 29.1 Å². The van der Waals surface area contributed by atoms with E-state index >= 15 is 0 Å². The molecule has 0 unspecified atom stereocenters. The molecule has 0 fully saturated rings. The molecule has 0 saturated carbocycles. The van der Waals surface area contributed by atoms with E-state index < -0.39 is 0 Å². The van der Waals surface area contributed by atoms with Gasteiger partial charge in [-0.05, 0) is 18.6 Å². The van der Waals surface area contributed by atoms with Gasteiger partial charge >= 0.3 is 0 Å². The second kappa shape index (κ2) is 3.41. The Bertz CT molecular complexity index is 549. The molecule has 2 heterocycles. The molecule has 0 atom stereocenters. The molecule has 3 rings (SSSR count). The van der Waals surface area contributed by atoms with Crippen LogP contribution in [0.3, 0.4) is 0 Å². The summed E-state index contributed by atoms with van der Waals surface area (Å²) in [5.74, 6) is 0.501. The molecule has 5 nitrogen and oxygen atoms in total. The lowest BCUT2D eigenvalue weighted by atomic mass is 10.0. The highest BCUT2D eigenvalue weighted by Gasteiger charge is 2.26. The average Bonchev–Trinajstić information content (AvgIpc) is 2.32. The van der Waals surface area contributed by atoms with Gasteiger partial charge in [0.2, 0.25) is 0 Å². The summed E-state index contributed by atoms with van der Waals surface area (Å²) >= 11 is 0. The molecule has 2 aliphatic heterocycles. The van der Waals surface area contributed by atoms with Crippen LogP contribution in [0.1, 0.15) is 12.0 Å². The van der Waals surface area contributed by atoms with Crippen molar-refractivity contribution in [3.63, 3.8) is 0 Å². The summed E-state index contributed by atoms with van der Waals surface area (Å²) in [5.41, 5.74) is 8.18. The number of hydrogen-bond donors (Lipinski definition) is 3. The van der Waals surface area contributed by atoms with Crippen molar-refractivity contribution in [3.8, 4) is 11.5 Å². The Morgan fingerprint density at radius 2 is 2.00 bits per heavy atom. The van der Waals surface area contributed by atoms with Gasteiger partial charge < -0.3 is 20.8 Å². The lowest BCUT2D eigenvalue weighted by molar-refractivity contribution is 0.403. The predicted molar refractivity (Wildman–Crippen MR) is 66.2 cm³/mol. The van der Waals surface area contributed by atoms with E-state index in [0.29, 0.717) is 5.70 Å². The zero-order valence-corrected chi connectivity index (χ0v) is 9.22. The minimum absolute atomic E-state index is 0.123. The number of anilines is 1. The first-order valence-electron chi connectivity index (χ1n) is 5.52. The Morgan fingerprint density at radius 1 is 1.24 bits per heavy atom. The molecular formula is C12H13N3O2. The Morgan fingerprint density at radius 3 is 2.82 bits per heavy atom. The minimum Gasteiger partial charge on any atom is -0.504 e. The fourth-order valence-corrected chi connectivity index (χ4v) is 2.25. The van der Waals surface area contributed by atoms with E-state index in [-0.39, 0.29) is 11.5 Å². The highest BCUT2D eigenvalue weighted by atomic mass is 16.3. The molecule has 0 spiro atoms. The zero-order valence-electron chi connectivity index (χ0n) is 9.22. The smallest absolute Gasteiger partial charge is 0.159 e. The molecule has 0 radical (unpaired) electrons. The molecule has 0 amide bonds. The first kappa shape index (κ1) is 10.0. The van der Waals surface area contributed by atoms with E-state index in [1.807, 2.05) is 4.90 Å². The van der Waals surface area contributed by atoms with Gasteiger partial charge in [0.1, 0.15) is 0 Å². The predicted octanol–water partition coefficient (Wildman–Crippen LogP) is 1.02. The van der Waals surface area contributed by atoms with Crippen LogP contribution in [0.2, 0.25) is 0 Å². The van der Waals surface area contributed by atoms with Crippen molar-refractivity contribution >= 4 is 17.6 Å². The van der Waals surface area contributed by atoms with Crippen LogP contribution in [0.25, 0.3) is 6.08 Å². The third-order valence-electron chi connectivity index (χ3n) is 3.04. The van der Waals surface area contributed by atoms with E-state index in [9.17, 15) is 10.2 Å². The molecule has 5 heteroatoms. The van der Waals surface area contributed by atoms with Crippen molar-refractivity contribution in [2.24, 2.45) is 10.7 Å². The number of aromatic hydroxyl groups is 2. The number of rotatable bonds is 0. The average molecular weight is 231 g/mol. The highest BCUT2D eigenvalue weighted by Crippen LogP contribution is 2.38. The van der Waals surface area contributed by atoms with E-state index in [2.05, 4.69) is 4.99 Å². The van der Waals surface area contributed by atoms with Gasteiger partial charge in [0.15, 0.2) is 17.3 Å². The van der Waals surface area contributed by atoms with Gasteiger partial charge in [-0.25, -0.2) is 0 Å². The third kappa shape index (κ3) is 1.43. The van der Waals surface area contributed by atoms with Crippen LogP contribution in [0.15, 0.2) is 22.8 Å². The standard InChI is InChI=1S/C12H13N3O2/c13-8-4-7-5-10(16)11(17)6-9(7)15-3-1-2-14-12(8)15/h4-6,16-17H,1-3,13H2. The number of nitrogens with zero attached hydrogens (tertiary/aromatic N) is 2. The third-order valence-corrected chi connectivity index (χ3v) is 3.04. The van der Waals surface area contributed by atoms with Crippen molar-refractivity contribution in [1.82, 2.24) is 0 Å². The molecule has 0 aromatic heterocycles. The summed E-state index contributed by atoms with van der Waals surface area (Å²) in [7, 11) is 0. The number of nitrogens with two attached hydrogens (primary N) is 1. The molecule has 1 aromatic rings. The molecule has 17 heavy (non-hydrogen) atoms. The van der Waals surface area contributed by atoms with Gasteiger partial charge in [-0.3, -0.25) is 4.99 Å². The van der Waals surface area contributed by atoms with Gasteiger partial charge in [0.05, 0.1) is 11.4 Å². The van der Waals surface area contributed by atoms with Crippen LogP contribution in [0, 0.1) is 0 Å². The Labute approximate surface area is 98.5 Å². The Hall–Kier alpha value is -2.17. The lowest BCUT2D eigenvalue weighted by Gasteiger charge is -2.34. The lowest BCUT2D eigenvalue weighted by Crippen LogP contribution is -2.41. The van der Waals surface area contributed by atoms with E-state index in [4.69, 9.17) is 5.73 Å². The van der Waals surface area contributed by atoms with Gasteiger partial charge in [0.25, 0.3) is 0 Å². The SMILES string of the molecule is NC1=Cc2cc(O)c(O)cc2N2CCCN=C12. The maximum absolute atomic E-state index is 9.56. The quantitative estimate of drug-likeness (QED) is 0.582. The molecule has 88 valence electrons. The molecular weight excluding hydrogens is 218 g/mol. The Balaban J connectivity index is 2.22. The van der Waals surface area contributed by atoms with Crippen LogP contribution >= 0.6 is 0 Å². The fraction of sp³-hybridized carbons (Fsp3) is 0.250. The van der Waals surface area contributed by atoms with Gasteiger partial charge in [0, 0.05) is 24.7 Å². The maximum Gasteiger partial charge on any atom is 0.159 e. The first-order chi connectivity index (χ1) is 8.16. The molecule has 0 aliphatic carbocycles. The van der Waals surface area contributed by atoms with Crippen molar-refractivity contribution in [2.45, 2.75) is 6.42 Å². The summed E-state index contributed by atoms with van der Waals surface area (Å²) in [6.07, 6.45) is 2.73. The summed E-state index contributed by atoms with van der Waals surface area (Å²) in [6, 6.07) is 3.07. The molecule has 0 saturated heterocycles. The van der Waals surface area contributed by atoms with Crippen LogP contribution in [-0.2, 0) is 0 Å². The molecule has 4 N–H and O–H groups in total. The van der Waals surface area contributed by atoms with Gasteiger partial charge in [-0.1, -0.05) is 0 Å². The summed E-state index contributed by atoms with van der Waals surface area (Å²) < 4.78 is 0. The number of hydrogen-bond acceptors (Lipinski definition) is 5. The monoisotopic (exact) mass is 231 g/mol. The largest absolute Gasteiger partial charge is 0.504 e. The number of phenolic OH excluding ortho intramolecular Hbond substituents is 2. The van der Waals surface area contributed by atoms with E-state index in [1.165, 1.54) is 6.07 Å². The summed E-state index contributed by atoms with van der Waals surface area (Å²) in [4.78, 5) is 6.37. The number of amidine groups is 1. The number of phenols is 2. The maximum atomic E-state index is 9.56. The summed E-state index contributed by atoms with van der Waals surface area (Å²) in [5, 5.41) is 19.1.